The molecule has 1 heterocycles. The van der Waals surface area contributed by atoms with Crippen LogP contribution in [0.25, 0.3) is 11.1 Å². The number of benzene rings is 2. The third-order valence-corrected chi connectivity index (χ3v) is 4.69. The summed E-state index contributed by atoms with van der Waals surface area (Å²) in [4.78, 5) is 48.4. The summed E-state index contributed by atoms with van der Waals surface area (Å²) in [6.45, 7) is -0.245. The van der Waals surface area contributed by atoms with Crippen LogP contribution >= 0.6 is 0 Å². The van der Waals surface area contributed by atoms with Crippen molar-refractivity contribution < 1.29 is 34.2 Å². The smallest absolute Gasteiger partial charge is 0.342 e. The van der Waals surface area contributed by atoms with E-state index < -0.39 is 44.9 Å². The molecule has 12 nitrogen and oxygen atoms in total. The number of methoxy groups -OCH3 is 1. The van der Waals surface area contributed by atoms with Crippen LogP contribution in [0.2, 0.25) is 0 Å². The average molecular weight is 455 g/mol. The lowest BCUT2D eigenvalue weighted by Gasteiger charge is -2.15. The summed E-state index contributed by atoms with van der Waals surface area (Å²) in [6, 6.07) is 9.83. The highest BCUT2D eigenvalue weighted by Gasteiger charge is 2.27. The van der Waals surface area contributed by atoms with Gasteiger partial charge in [0.05, 0.1) is 12.0 Å². The van der Waals surface area contributed by atoms with Crippen LogP contribution in [0.4, 0.5) is 11.5 Å². The number of carboxylic acid groups (broad SMARTS) is 2. The van der Waals surface area contributed by atoms with Crippen LogP contribution in [-0.4, -0.2) is 39.2 Å². The Morgan fingerprint density at radius 3 is 2.36 bits per heavy atom. The number of hydrogen-bond donors (Lipinski definition) is 4. The number of aromatic nitrogens is 1. The fraction of sp³-hybridized carbons (Fsp3) is 0.0952. The van der Waals surface area contributed by atoms with Crippen LogP contribution in [0.3, 0.4) is 0 Å². The molecule has 0 aliphatic carbocycles. The van der Waals surface area contributed by atoms with E-state index in [2.05, 4.69) is 0 Å². The zero-order valence-corrected chi connectivity index (χ0v) is 17.0. The number of nitrogen functional groups attached to an aromatic ring is 1. The van der Waals surface area contributed by atoms with Crippen molar-refractivity contribution in [1.82, 2.24) is 4.98 Å². The van der Waals surface area contributed by atoms with Gasteiger partial charge in [-0.3, -0.25) is 14.9 Å². The Kier molecular flexibility index (Phi) is 6.29. The molecule has 0 aliphatic rings. The Labute approximate surface area is 185 Å². The van der Waals surface area contributed by atoms with E-state index in [0.29, 0.717) is 5.56 Å². The standard InChI is InChI=1S/C21H17N3O9/c1-32-13-7-6-10(8-11(13)9-33-14-5-3-2-4-12(14)24(30)31)15-16(20(26)27)18(22)23-19(25)17(15)21(28)29/h2-8H,9H2,1H3,(H,26,27)(H,28,29)(H3,22,23,25). The molecule has 0 bridgehead atoms. The molecule has 0 amide bonds. The first-order valence-electron chi connectivity index (χ1n) is 9.21. The third-order valence-electron chi connectivity index (χ3n) is 4.69. The molecule has 1 aromatic heterocycles. The molecule has 0 unspecified atom stereocenters. The first kappa shape index (κ1) is 22.8. The first-order valence-corrected chi connectivity index (χ1v) is 9.21. The normalized spacial score (nSPS) is 10.5. The molecule has 0 saturated carbocycles. The number of anilines is 1. The van der Waals surface area contributed by atoms with Crippen LogP contribution in [0, 0.1) is 10.1 Å². The van der Waals surface area contributed by atoms with E-state index in [0.717, 1.165) is 0 Å². The van der Waals surface area contributed by atoms with Crippen LogP contribution in [-0.2, 0) is 6.61 Å². The van der Waals surface area contributed by atoms with Gasteiger partial charge in [0.25, 0.3) is 5.56 Å². The van der Waals surface area contributed by atoms with Crippen LogP contribution in [0.1, 0.15) is 26.3 Å². The molecule has 33 heavy (non-hydrogen) atoms. The molecule has 0 atom stereocenters. The number of nitrogens with one attached hydrogen (secondary N) is 1. The number of hydrogen-bond acceptors (Lipinski definition) is 8. The van der Waals surface area contributed by atoms with Gasteiger partial charge in [0.1, 0.15) is 29.3 Å². The number of pyridine rings is 1. The number of nitro groups is 1. The zero-order valence-electron chi connectivity index (χ0n) is 17.0. The predicted octanol–water partition coefficient (Wildman–Crippen LogP) is 2.52. The van der Waals surface area contributed by atoms with Crippen molar-refractivity contribution in [2.45, 2.75) is 6.61 Å². The average Bonchev–Trinajstić information content (AvgIpc) is 2.76. The minimum atomic E-state index is -1.65. The Bertz CT molecular complexity index is 1330. The molecule has 0 fully saturated rings. The summed E-state index contributed by atoms with van der Waals surface area (Å²) in [7, 11) is 1.36. The highest BCUT2D eigenvalue weighted by Crippen LogP contribution is 2.34. The van der Waals surface area contributed by atoms with Crippen LogP contribution < -0.4 is 20.8 Å². The summed E-state index contributed by atoms with van der Waals surface area (Å²) >= 11 is 0. The van der Waals surface area contributed by atoms with Crippen molar-refractivity contribution in [3.05, 3.63) is 79.6 Å². The molecular weight excluding hydrogens is 438 g/mol. The van der Waals surface area contributed by atoms with E-state index in [-0.39, 0.29) is 29.4 Å². The van der Waals surface area contributed by atoms with E-state index >= 15 is 0 Å². The SMILES string of the molecule is COc1ccc(-c2c(C(=O)O)c(N)[nH]c(=O)c2C(=O)O)cc1COc1ccccc1[N+](=O)[O-]. The second kappa shape index (κ2) is 9.09. The van der Waals surface area contributed by atoms with Gasteiger partial charge in [-0.25, -0.2) is 9.59 Å². The second-order valence-electron chi connectivity index (χ2n) is 6.64. The summed E-state index contributed by atoms with van der Waals surface area (Å²) in [5.41, 5.74) is 2.87. The number of H-pyrrole nitrogens is 1. The molecule has 0 saturated heterocycles. The largest absolute Gasteiger partial charge is 0.496 e. The van der Waals surface area contributed by atoms with Gasteiger partial charge in [-0.1, -0.05) is 18.2 Å². The lowest BCUT2D eigenvalue weighted by atomic mass is 9.94. The molecule has 3 rings (SSSR count). The number of aromatic carboxylic acids is 2. The Hall–Kier alpha value is -4.87. The van der Waals surface area contributed by atoms with Crippen molar-refractivity contribution in [2.75, 3.05) is 12.8 Å². The minimum Gasteiger partial charge on any atom is -0.496 e. The van der Waals surface area contributed by atoms with Gasteiger partial charge in [-0.15, -0.1) is 0 Å². The number of nitrogens with two attached hydrogens (primary N) is 1. The van der Waals surface area contributed by atoms with Crippen molar-refractivity contribution in [3.8, 4) is 22.6 Å². The predicted molar refractivity (Wildman–Crippen MR) is 115 cm³/mol. The van der Waals surface area contributed by atoms with Crippen molar-refractivity contribution in [2.24, 2.45) is 0 Å². The van der Waals surface area contributed by atoms with E-state index in [1.54, 1.807) is 6.07 Å². The topological polar surface area (TPSA) is 195 Å². The summed E-state index contributed by atoms with van der Waals surface area (Å²) in [6.07, 6.45) is 0. The maximum Gasteiger partial charge on any atom is 0.342 e. The number of ether oxygens (including phenoxy) is 2. The number of nitro benzene ring substituents is 1. The van der Waals surface area contributed by atoms with E-state index in [1.165, 1.54) is 43.5 Å². The van der Waals surface area contributed by atoms with Crippen LogP contribution in [0.15, 0.2) is 47.3 Å². The molecule has 170 valence electrons. The fourth-order valence-electron chi connectivity index (χ4n) is 3.27. The van der Waals surface area contributed by atoms with Gasteiger partial charge in [0, 0.05) is 17.2 Å². The van der Waals surface area contributed by atoms with Gasteiger partial charge in [-0.2, -0.15) is 0 Å². The highest BCUT2D eigenvalue weighted by molar-refractivity contribution is 6.07. The molecule has 0 radical (unpaired) electrons. The lowest BCUT2D eigenvalue weighted by molar-refractivity contribution is -0.385. The third kappa shape index (κ3) is 4.44. The number of carboxylic acids is 2. The summed E-state index contributed by atoms with van der Waals surface area (Å²) in [5.74, 6) is -3.45. The maximum absolute atomic E-state index is 12.2. The molecule has 5 N–H and O–H groups in total. The number of carbonyl (C=O) groups is 2. The highest BCUT2D eigenvalue weighted by atomic mass is 16.6. The lowest BCUT2D eigenvalue weighted by Crippen LogP contribution is -2.24. The fourth-order valence-corrected chi connectivity index (χ4v) is 3.27. The zero-order chi connectivity index (χ0) is 24.3. The van der Waals surface area contributed by atoms with Gasteiger partial charge in [0.15, 0.2) is 5.75 Å². The van der Waals surface area contributed by atoms with E-state index in [9.17, 15) is 34.7 Å². The van der Waals surface area contributed by atoms with E-state index in [1.807, 2.05) is 4.98 Å². The Morgan fingerprint density at radius 2 is 1.76 bits per heavy atom. The Morgan fingerprint density at radius 1 is 1.09 bits per heavy atom. The van der Waals surface area contributed by atoms with Crippen molar-refractivity contribution in [1.29, 1.82) is 0 Å². The Balaban J connectivity index is 2.16. The molecular formula is C21H17N3O9. The number of aromatic amines is 1. The maximum atomic E-state index is 12.2. The minimum absolute atomic E-state index is 0.0205. The number of nitrogens with zero attached hydrogens (tertiary/aromatic N) is 1. The van der Waals surface area contributed by atoms with Gasteiger partial charge < -0.3 is 30.4 Å². The quantitative estimate of drug-likeness (QED) is 0.289. The van der Waals surface area contributed by atoms with Crippen molar-refractivity contribution >= 4 is 23.4 Å². The molecule has 3 aromatic rings. The van der Waals surface area contributed by atoms with Gasteiger partial charge >= 0.3 is 17.6 Å². The summed E-state index contributed by atoms with van der Waals surface area (Å²) in [5, 5.41) is 30.4. The monoisotopic (exact) mass is 455 g/mol. The van der Waals surface area contributed by atoms with Crippen molar-refractivity contribution in [3.63, 3.8) is 0 Å². The number of rotatable bonds is 8. The van der Waals surface area contributed by atoms with Gasteiger partial charge in [-0.05, 0) is 23.8 Å². The number of para-hydroxylation sites is 2. The molecule has 0 aliphatic heterocycles. The van der Waals surface area contributed by atoms with Crippen LogP contribution in [0.5, 0.6) is 11.5 Å². The summed E-state index contributed by atoms with van der Waals surface area (Å²) < 4.78 is 10.8. The first-order chi connectivity index (χ1) is 15.6. The second-order valence-corrected chi connectivity index (χ2v) is 6.64. The molecule has 0 spiro atoms. The molecule has 12 heteroatoms. The molecule has 2 aromatic carbocycles. The van der Waals surface area contributed by atoms with E-state index in [4.69, 9.17) is 15.2 Å². The van der Waals surface area contributed by atoms with Gasteiger partial charge in [0.2, 0.25) is 0 Å².